The van der Waals surface area contributed by atoms with Crippen LogP contribution in [0.15, 0.2) is 24.3 Å². The molecule has 5 fully saturated rings. The van der Waals surface area contributed by atoms with E-state index >= 15 is 37.5 Å². The summed E-state index contributed by atoms with van der Waals surface area (Å²) in [6.45, 7) is 3.23. The number of nitrogens with one attached hydrogen (secondary N) is 3. The standard InChI is InChI=1S/C72H105F7N12O13S/c1-13-42(3)59-67(101)85(7)40-57(94)86(8)50-23-16-15-19-32-90(66(50)100)53(35-43-26-30-71(75,76)31-27-43)65(99)84(6)39-55(92)80-49(25-24-44-33-47(73)58(48(74)34-44)72(77,78)79)63(97)91-38-46(104-14-2)36-51(91)62(96)82-70(28-20-29-70)69(103)89(11)60(45-21-17-18-22-45)68(102)88(10)52(64(98)83(4)5)37-56(93)87(9)54(41-105-12)61(95)81-59/h15-16,33-34,42-43,45-46,49-54,59-60H,13-14,17-32,35-41H2,1-12H3,(H,80,92)(H,81,95)(H,82,96)/b16-15-/t42-,46+,49+,50-,51-,52-,53-,54-,59-,60-/m0/s1. The maximum Gasteiger partial charge on any atom is 0.422 e. The number of carbonyl (C=O) groups is 12. The molecule has 3 heterocycles. The van der Waals surface area contributed by atoms with Crippen molar-refractivity contribution >= 4 is 82.6 Å². The number of aryl methyl sites for hydroxylation is 1. The van der Waals surface area contributed by atoms with Crippen molar-refractivity contribution in [1.29, 1.82) is 0 Å². The van der Waals surface area contributed by atoms with Gasteiger partial charge in [-0.2, -0.15) is 24.9 Å². The number of rotatable bonds is 13. The first-order valence-electron chi connectivity index (χ1n) is 36.3. The van der Waals surface area contributed by atoms with Gasteiger partial charge in [0.05, 0.1) is 25.6 Å². The Balaban J connectivity index is 1.33. The lowest BCUT2D eigenvalue weighted by Crippen LogP contribution is -2.68. The van der Waals surface area contributed by atoms with Gasteiger partial charge < -0.3 is 64.8 Å². The van der Waals surface area contributed by atoms with Crippen LogP contribution in [0, 0.1) is 29.4 Å². The number of ether oxygens (including phenoxy) is 1. The number of amides is 12. The Morgan fingerprint density at radius 1 is 0.714 bits per heavy atom. The summed E-state index contributed by atoms with van der Waals surface area (Å²) in [4.78, 5) is 190. The predicted octanol–water partition coefficient (Wildman–Crippen LogP) is 5.01. The molecule has 12 amide bonds. The second-order valence-electron chi connectivity index (χ2n) is 29.5. The molecule has 3 aliphatic carbocycles. The zero-order chi connectivity index (χ0) is 77.9. The highest BCUT2D eigenvalue weighted by molar-refractivity contribution is 7.98. The third-order valence-electron chi connectivity index (χ3n) is 22.0. The van der Waals surface area contributed by atoms with Gasteiger partial charge in [0.2, 0.25) is 76.8 Å². The third kappa shape index (κ3) is 20.4. The molecule has 3 saturated carbocycles. The molecule has 105 heavy (non-hydrogen) atoms. The Morgan fingerprint density at radius 3 is 1.91 bits per heavy atom. The molecule has 6 aliphatic rings. The monoisotopic (exact) mass is 1510 g/mol. The van der Waals surface area contributed by atoms with E-state index in [0.717, 1.165) is 29.4 Å². The summed E-state index contributed by atoms with van der Waals surface area (Å²) in [7, 11) is 10.8. The lowest BCUT2D eigenvalue weighted by atomic mass is 9.74. The highest BCUT2D eigenvalue weighted by atomic mass is 32.2. The first kappa shape index (κ1) is 84.7. The number of fused-ring (bicyclic) bond motifs is 3. The number of carbonyl (C=O) groups excluding carboxylic acids is 12. The van der Waals surface area contributed by atoms with E-state index in [9.17, 15) is 50.7 Å². The number of thioether (sulfide) groups is 1. The van der Waals surface area contributed by atoms with Gasteiger partial charge in [-0.1, -0.05) is 45.3 Å². The maximum atomic E-state index is 15.5. The topological polar surface area (TPSA) is 279 Å². The van der Waals surface area contributed by atoms with E-state index in [2.05, 4.69) is 16.0 Å². The summed E-state index contributed by atoms with van der Waals surface area (Å²) in [5.41, 5.74) is -4.24. The van der Waals surface area contributed by atoms with Crippen LogP contribution in [0.2, 0.25) is 0 Å². The predicted molar refractivity (Wildman–Crippen MR) is 374 cm³/mol. The smallest absolute Gasteiger partial charge is 0.377 e. The molecule has 3 aliphatic heterocycles. The van der Waals surface area contributed by atoms with Gasteiger partial charge in [0.15, 0.2) is 0 Å². The Bertz CT molecular complexity index is 3360. The highest BCUT2D eigenvalue weighted by Gasteiger charge is 2.54. The summed E-state index contributed by atoms with van der Waals surface area (Å²) >= 11 is 1.20. The molecule has 1 aromatic rings. The van der Waals surface area contributed by atoms with Gasteiger partial charge in [-0.05, 0) is 126 Å². The summed E-state index contributed by atoms with van der Waals surface area (Å²) in [6.07, 6.45) is -1.33. The van der Waals surface area contributed by atoms with Gasteiger partial charge in [0.25, 0.3) is 0 Å². The zero-order valence-corrected chi connectivity index (χ0v) is 63.1. The van der Waals surface area contributed by atoms with E-state index < -0.39 is 223 Å². The zero-order valence-electron chi connectivity index (χ0n) is 62.3. The Morgan fingerprint density at radius 2 is 1.34 bits per heavy atom. The molecule has 0 radical (unpaired) electrons. The van der Waals surface area contributed by atoms with Crippen LogP contribution in [0.3, 0.4) is 0 Å². The van der Waals surface area contributed by atoms with E-state index in [1.54, 1.807) is 39.2 Å². The van der Waals surface area contributed by atoms with Crippen LogP contribution in [-0.4, -0.2) is 282 Å². The number of nitrogens with zero attached hydrogens (tertiary/aromatic N) is 9. The number of alkyl halides is 5. The molecule has 7 rings (SSSR count). The first-order valence-corrected chi connectivity index (χ1v) is 37.7. The minimum Gasteiger partial charge on any atom is -0.377 e. The third-order valence-corrected chi connectivity index (χ3v) is 22.7. The molecule has 586 valence electrons. The van der Waals surface area contributed by atoms with Crippen molar-refractivity contribution in [3.8, 4) is 0 Å². The van der Waals surface area contributed by atoms with Gasteiger partial charge in [0.1, 0.15) is 71.1 Å². The lowest BCUT2D eigenvalue weighted by molar-refractivity contribution is -0.157. The summed E-state index contributed by atoms with van der Waals surface area (Å²) in [5.74, 6) is -18.2. The fourth-order valence-corrected chi connectivity index (χ4v) is 16.0. The van der Waals surface area contributed by atoms with Crippen LogP contribution in [0.25, 0.3) is 0 Å². The fourth-order valence-electron chi connectivity index (χ4n) is 15.3. The Labute approximate surface area is 614 Å². The van der Waals surface area contributed by atoms with Crippen molar-refractivity contribution in [3.05, 3.63) is 47.0 Å². The van der Waals surface area contributed by atoms with Crippen LogP contribution in [0.4, 0.5) is 30.7 Å². The van der Waals surface area contributed by atoms with Crippen molar-refractivity contribution in [3.63, 3.8) is 0 Å². The Kier molecular flexibility index (Phi) is 29.3. The van der Waals surface area contributed by atoms with Crippen molar-refractivity contribution < 1.29 is 93.0 Å². The largest absolute Gasteiger partial charge is 0.422 e. The number of hydrogen-bond donors (Lipinski definition) is 3. The number of likely N-dealkylation sites (N-methyl/N-ethyl adjacent to an activating group) is 7. The average Bonchev–Trinajstić information content (AvgIpc) is 1.60. The minimum absolute atomic E-state index is 0.00986. The number of hydrogen-bond acceptors (Lipinski definition) is 14. The fraction of sp³-hybridized carbons (Fsp3) is 0.722. The van der Waals surface area contributed by atoms with Crippen molar-refractivity contribution in [2.24, 2.45) is 17.8 Å². The second kappa shape index (κ2) is 36.3. The molecule has 33 heteroatoms. The summed E-state index contributed by atoms with van der Waals surface area (Å²) in [5, 5.41) is 8.31. The van der Waals surface area contributed by atoms with Gasteiger partial charge in [-0.3, -0.25) is 57.5 Å². The highest BCUT2D eigenvalue weighted by Crippen LogP contribution is 2.41. The quantitative estimate of drug-likeness (QED) is 0.173. The molecular formula is C72H105F7N12O13S. The second-order valence-corrected chi connectivity index (χ2v) is 30.4. The van der Waals surface area contributed by atoms with Gasteiger partial charge in [-0.15, -0.1) is 0 Å². The minimum atomic E-state index is -5.44. The SMILES string of the molecule is CCO[C@@H]1C[C@H]2C(=O)NC3(CCC3)C(=O)N(C)[C@@H](C3CCCC3)C(=O)N(C)[C@H](C(=O)N(C)C)CC(=O)N(C)[C@@H](CSC)C(=O)N[C@@H]([C@@H](C)CC)C(=O)N(C)CC(=O)N(C)[C@H]3C/C=C\CCN(C3=O)[C@@H](CC3CCC(F)(F)CC3)C(=O)N(C)CC(=O)N[C@H](CCc3cc(F)c(C(F)(F)F)c(F)c3)C(=O)N2C1. The van der Waals surface area contributed by atoms with E-state index in [-0.39, 0.29) is 82.4 Å². The summed E-state index contributed by atoms with van der Waals surface area (Å²) in [6, 6.07) is -10.6. The normalized spacial score (nSPS) is 27.9. The van der Waals surface area contributed by atoms with Crippen molar-refractivity contribution in [1.82, 2.24) is 60.0 Å². The van der Waals surface area contributed by atoms with E-state index in [1.807, 2.05) is 0 Å². The molecule has 25 nitrogen and oxygen atoms in total. The van der Waals surface area contributed by atoms with E-state index in [1.165, 1.54) is 82.8 Å². The molecule has 1 aromatic carbocycles. The number of benzene rings is 1. The van der Waals surface area contributed by atoms with Crippen LogP contribution in [0.5, 0.6) is 0 Å². The molecule has 10 atom stereocenters. The molecule has 3 N–H and O–H groups in total. The molecule has 2 bridgehead atoms. The average molecular weight is 1510 g/mol. The maximum absolute atomic E-state index is 15.5. The van der Waals surface area contributed by atoms with Gasteiger partial charge in [-0.25, -0.2) is 17.6 Å². The molecule has 1 spiro atoms. The van der Waals surface area contributed by atoms with Crippen LogP contribution in [0.1, 0.15) is 147 Å². The van der Waals surface area contributed by atoms with E-state index in [4.69, 9.17) is 4.74 Å². The lowest BCUT2D eigenvalue weighted by Gasteiger charge is -2.46. The number of halogens is 7. The molecule has 2 saturated heterocycles. The van der Waals surface area contributed by atoms with Crippen LogP contribution < -0.4 is 16.0 Å². The van der Waals surface area contributed by atoms with E-state index in [0.29, 0.717) is 50.7 Å². The first-order chi connectivity index (χ1) is 49.3. The van der Waals surface area contributed by atoms with Crippen LogP contribution >= 0.6 is 11.8 Å². The van der Waals surface area contributed by atoms with Crippen molar-refractivity contribution in [2.45, 2.75) is 215 Å². The molecular weight excluding hydrogens is 1410 g/mol. The Hall–Kier alpha value is -7.58. The summed E-state index contributed by atoms with van der Waals surface area (Å²) < 4.78 is 107. The van der Waals surface area contributed by atoms with Gasteiger partial charge >= 0.3 is 6.18 Å². The van der Waals surface area contributed by atoms with Gasteiger partial charge in [0, 0.05) is 101 Å². The van der Waals surface area contributed by atoms with Crippen LogP contribution in [-0.2, 0) is 74.9 Å². The molecule has 0 unspecified atom stereocenters. The molecule has 0 aromatic heterocycles. The van der Waals surface area contributed by atoms with Crippen molar-refractivity contribution in [2.75, 3.05) is 101 Å².